The van der Waals surface area contributed by atoms with E-state index in [0.717, 1.165) is 12.1 Å². The second-order valence-corrected chi connectivity index (χ2v) is 10.7. The number of halogens is 4. The van der Waals surface area contributed by atoms with Crippen LogP contribution in [0.3, 0.4) is 0 Å². The Labute approximate surface area is 210 Å². The topological polar surface area (TPSA) is 104 Å². The molecule has 0 spiro atoms. The fourth-order valence-corrected chi connectivity index (χ4v) is 6.38. The van der Waals surface area contributed by atoms with Crippen LogP contribution in [-0.2, 0) is 4.79 Å². The van der Waals surface area contributed by atoms with E-state index in [4.69, 9.17) is 11.6 Å². The average Bonchev–Trinajstić information content (AvgIpc) is 3.52. The quantitative estimate of drug-likeness (QED) is 0.501. The standard InChI is InChI=1S/C25H26ClF3N4O3/c26-14-1-2-15(27)19(20(14)28)21(24-3-5-25(29,12-24)6-4-24)33-22(35)13-9-16(18(34)10-13)32-23(36)17-11-30-7-8-31-17/h1-2,7-8,11,13,16,18,21,34H,3-6,9-10,12H2,(H,32,36)(H,33,35)/t13-,16-,18+,21+,24?,25?/m0/s1. The second kappa shape index (κ2) is 9.30. The molecule has 0 saturated heterocycles. The second-order valence-electron chi connectivity index (χ2n) is 10.3. The van der Waals surface area contributed by atoms with Gasteiger partial charge < -0.3 is 15.7 Å². The maximum Gasteiger partial charge on any atom is 0.271 e. The molecule has 0 aliphatic heterocycles. The van der Waals surface area contributed by atoms with Crippen LogP contribution in [0.5, 0.6) is 0 Å². The highest BCUT2D eigenvalue weighted by molar-refractivity contribution is 6.30. The molecule has 36 heavy (non-hydrogen) atoms. The summed E-state index contributed by atoms with van der Waals surface area (Å²) in [5, 5.41) is 15.7. The molecule has 7 nitrogen and oxygen atoms in total. The number of nitrogens with one attached hydrogen (secondary N) is 2. The first kappa shape index (κ1) is 25.0. The SMILES string of the molecule is O=C(N[C@H]1C[C@H](C(=O)N[C@H](c2c(F)ccc(Cl)c2F)C23CCC(F)(CC2)C3)C[C@H]1O)c1cnccn1. The van der Waals surface area contributed by atoms with E-state index in [1.54, 1.807) is 0 Å². The number of carbonyl (C=O) groups is 2. The number of amides is 2. The number of carbonyl (C=O) groups excluding carboxylic acids is 2. The summed E-state index contributed by atoms with van der Waals surface area (Å²) in [7, 11) is 0. The van der Waals surface area contributed by atoms with Gasteiger partial charge in [-0.1, -0.05) is 11.6 Å². The van der Waals surface area contributed by atoms with E-state index in [9.17, 15) is 19.1 Å². The van der Waals surface area contributed by atoms with Gasteiger partial charge in [-0.3, -0.25) is 14.6 Å². The third kappa shape index (κ3) is 4.45. The molecule has 3 aliphatic rings. The van der Waals surface area contributed by atoms with E-state index < -0.39 is 58.6 Å². The lowest BCUT2D eigenvalue weighted by Gasteiger charge is -2.37. The summed E-state index contributed by atoms with van der Waals surface area (Å²) in [6.07, 6.45) is 4.61. The molecule has 0 radical (unpaired) electrons. The maximum atomic E-state index is 15.1. The molecule has 2 bridgehead atoms. The van der Waals surface area contributed by atoms with Crippen LogP contribution >= 0.6 is 11.6 Å². The lowest BCUT2D eigenvalue weighted by Crippen LogP contribution is -2.43. The number of aliphatic hydroxyl groups excluding tert-OH is 1. The van der Waals surface area contributed by atoms with Gasteiger partial charge in [-0.05, 0) is 62.5 Å². The van der Waals surface area contributed by atoms with Crippen molar-refractivity contribution < 1.29 is 27.9 Å². The predicted molar refractivity (Wildman–Crippen MR) is 124 cm³/mol. The third-order valence-corrected chi connectivity index (χ3v) is 8.38. The molecule has 2 aromatic rings. The monoisotopic (exact) mass is 522 g/mol. The number of nitrogens with zero attached hydrogens (tertiary/aromatic N) is 2. The van der Waals surface area contributed by atoms with Crippen LogP contribution in [0.25, 0.3) is 0 Å². The molecule has 3 saturated carbocycles. The Balaban J connectivity index is 1.36. The summed E-state index contributed by atoms with van der Waals surface area (Å²) >= 11 is 5.95. The number of hydrogen-bond acceptors (Lipinski definition) is 5. The summed E-state index contributed by atoms with van der Waals surface area (Å²) in [6, 6.07) is 0.310. The van der Waals surface area contributed by atoms with E-state index in [1.165, 1.54) is 18.6 Å². The lowest BCUT2D eigenvalue weighted by atomic mass is 9.74. The van der Waals surface area contributed by atoms with E-state index in [2.05, 4.69) is 20.6 Å². The Morgan fingerprint density at radius 2 is 1.89 bits per heavy atom. The highest BCUT2D eigenvalue weighted by Crippen LogP contribution is 2.63. The van der Waals surface area contributed by atoms with Crippen LogP contribution in [0.2, 0.25) is 5.02 Å². The molecule has 1 heterocycles. The number of aromatic nitrogens is 2. The Bertz CT molecular complexity index is 1180. The first-order valence-corrected chi connectivity index (χ1v) is 12.4. The lowest BCUT2D eigenvalue weighted by molar-refractivity contribution is -0.127. The normalized spacial score (nSPS) is 31.9. The molecule has 0 unspecified atom stereocenters. The van der Waals surface area contributed by atoms with Crippen molar-refractivity contribution in [3.05, 3.63) is 58.6 Å². The summed E-state index contributed by atoms with van der Waals surface area (Å²) in [5.74, 6) is -3.62. The number of hydrogen-bond donors (Lipinski definition) is 3. The van der Waals surface area contributed by atoms with Crippen molar-refractivity contribution >= 4 is 23.4 Å². The Morgan fingerprint density at radius 1 is 1.14 bits per heavy atom. The summed E-state index contributed by atoms with van der Waals surface area (Å²) < 4.78 is 45.2. The Morgan fingerprint density at radius 3 is 2.53 bits per heavy atom. The summed E-state index contributed by atoms with van der Waals surface area (Å²) in [5.41, 5.74) is -2.55. The first-order chi connectivity index (χ1) is 17.1. The van der Waals surface area contributed by atoms with Gasteiger partial charge in [-0.15, -0.1) is 0 Å². The minimum absolute atomic E-state index is 0.0462. The average molecular weight is 523 g/mol. The highest BCUT2D eigenvalue weighted by atomic mass is 35.5. The zero-order valence-electron chi connectivity index (χ0n) is 19.3. The van der Waals surface area contributed by atoms with Crippen LogP contribution < -0.4 is 10.6 Å². The molecule has 3 aliphatic carbocycles. The molecule has 11 heteroatoms. The minimum Gasteiger partial charge on any atom is -0.391 e. The van der Waals surface area contributed by atoms with Crippen LogP contribution in [0.1, 0.15) is 67.0 Å². The molecular formula is C25H26ClF3N4O3. The zero-order chi connectivity index (χ0) is 25.7. The Hall–Kier alpha value is -2.72. The fraction of sp³-hybridized carbons (Fsp3) is 0.520. The van der Waals surface area contributed by atoms with Crippen LogP contribution in [0.15, 0.2) is 30.7 Å². The smallest absolute Gasteiger partial charge is 0.271 e. The molecule has 3 fully saturated rings. The van der Waals surface area contributed by atoms with E-state index >= 15 is 8.78 Å². The van der Waals surface area contributed by atoms with Crippen molar-refractivity contribution in [3.63, 3.8) is 0 Å². The van der Waals surface area contributed by atoms with Gasteiger partial charge in [0.15, 0.2) is 0 Å². The number of aliphatic hydroxyl groups is 1. The molecule has 1 aromatic heterocycles. The zero-order valence-corrected chi connectivity index (χ0v) is 20.1. The van der Waals surface area contributed by atoms with Gasteiger partial charge in [0.1, 0.15) is 23.0 Å². The van der Waals surface area contributed by atoms with Gasteiger partial charge in [0.05, 0.1) is 29.4 Å². The minimum atomic E-state index is -1.41. The van der Waals surface area contributed by atoms with Crippen molar-refractivity contribution in [1.82, 2.24) is 20.6 Å². The molecule has 192 valence electrons. The number of rotatable bonds is 6. The van der Waals surface area contributed by atoms with Crippen molar-refractivity contribution in [2.45, 2.75) is 68.8 Å². The predicted octanol–water partition coefficient (Wildman–Crippen LogP) is 3.81. The van der Waals surface area contributed by atoms with E-state index in [1.807, 2.05) is 0 Å². The molecule has 4 atom stereocenters. The fourth-order valence-electron chi connectivity index (χ4n) is 6.21. The van der Waals surface area contributed by atoms with Crippen LogP contribution in [-0.4, -0.2) is 44.7 Å². The number of benzene rings is 1. The summed E-state index contributed by atoms with van der Waals surface area (Å²) in [6.45, 7) is 0. The maximum absolute atomic E-state index is 15.1. The summed E-state index contributed by atoms with van der Waals surface area (Å²) in [4.78, 5) is 33.5. The van der Waals surface area contributed by atoms with Crippen LogP contribution in [0, 0.1) is 23.0 Å². The third-order valence-electron chi connectivity index (χ3n) is 8.09. The largest absolute Gasteiger partial charge is 0.391 e. The molecular weight excluding hydrogens is 497 g/mol. The molecule has 3 N–H and O–H groups in total. The van der Waals surface area contributed by atoms with Crippen molar-refractivity contribution in [1.29, 1.82) is 0 Å². The van der Waals surface area contributed by atoms with Gasteiger partial charge in [0.2, 0.25) is 5.91 Å². The first-order valence-electron chi connectivity index (χ1n) is 12.0. The van der Waals surface area contributed by atoms with E-state index in [0.29, 0.717) is 12.8 Å². The number of fused-ring (bicyclic) bond motifs is 2. The Kier molecular flexibility index (Phi) is 6.45. The number of alkyl halides is 1. The van der Waals surface area contributed by atoms with Gasteiger partial charge >= 0.3 is 0 Å². The molecule has 1 aromatic carbocycles. The van der Waals surface area contributed by atoms with Gasteiger partial charge in [-0.2, -0.15) is 0 Å². The van der Waals surface area contributed by atoms with Crippen molar-refractivity contribution in [3.8, 4) is 0 Å². The van der Waals surface area contributed by atoms with Crippen LogP contribution in [0.4, 0.5) is 13.2 Å². The molecule has 5 rings (SSSR count). The van der Waals surface area contributed by atoms with E-state index in [-0.39, 0.29) is 48.4 Å². The van der Waals surface area contributed by atoms with Crippen molar-refractivity contribution in [2.75, 3.05) is 0 Å². The van der Waals surface area contributed by atoms with Gasteiger partial charge in [-0.25, -0.2) is 18.2 Å². The van der Waals surface area contributed by atoms with Gasteiger partial charge in [0, 0.05) is 23.9 Å². The molecule has 2 amide bonds. The highest BCUT2D eigenvalue weighted by Gasteiger charge is 2.59. The van der Waals surface area contributed by atoms with Crippen molar-refractivity contribution in [2.24, 2.45) is 11.3 Å². The van der Waals surface area contributed by atoms with Gasteiger partial charge in [0.25, 0.3) is 5.91 Å².